The predicted molar refractivity (Wildman–Crippen MR) is 88.3 cm³/mol. The lowest BCUT2D eigenvalue weighted by atomic mass is 10.1. The number of methoxy groups -OCH3 is 1. The van der Waals surface area contributed by atoms with Crippen molar-refractivity contribution in [3.05, 3.63) is 42.5 Å². The van der Waals surface area contributed by atoms with Gasteiger partial charge in [0.25, 0.3) is 0 Å². The second-order valence-corrected chi connectivity index (χ2v) is 5.87. The molecule has 0 aliphatic carbocycles. The number of hydrogen-bond donors (Lipinski definition) is 0. The van der Waals surface area contributed by atoms with Gasteiger partial charge in [0, 0.05) is 29.8 Å². The van der Waals surface area contributed by atoms with E-state index in [9.17, 15) is 4.39 Å². The minimum absolute atomic E-state index is 0.0875. The number of fused-ring (bicyclic) bond motifs is 1. The number of hydrogen-bond acceptors (Lipinski definition) is 4. The summed E-state index contributed by atoms with van der Waals surface area (Å²) in [5.74, 6) is 0.267. The zero-order valence-corrected chi connectivity index (χ0v) is 13.4. The summed E-state index contributed by atoms with van der Waals surface area (Å²) in [5.41, 5.74) is 2.50. The van der Waals surface area contributed by atoms with Crippen LogP contribution in [0.15, 0.2) is 36.5 Å². The van der Waals surface area contributed by atoms with Crippen LogP contribution in [0.1, 0.15) is 25.5 Å². The molecule has 2 aromatic heterocycles. The molecule has 3 aromatic rings. The Labute approximate surface area is 139 Å². The van der Waals surface area contributed by atoms with E-state index < -0.39 is 5.95 Å². The lowest BCUT2D eigenvalue weighted by molar-refractivity contribution is -0.0365. The Morgan fingerprint density at radius 1 is 1.25 bits per heavy atom. The van der Waals surface area contributed by atoms with Crippen LogP contribution in [0.25, 0.3) is 22.2 Å². The predicted octanol–water partition coefficient (Wildman–Crippen LogP) is 3.95. The van der Waals surface area contributed by atoms with Crippen LogP contribution in [0.3, 0.4) is 0 Å². The number of halogens is 1. The Balaban J connectivity index is 1.89. The summed E-state index contributed by atoms with van der Waals surface area (Å²) >= 11 is 0. The summed E-state index contributed by atoms with van der Waals surface area (Å²) in [7, 11) is 1.64. The third-order valence-corrected chi connectivity index (χ3v) is 4.34. The van der Waals surface area contributed by atoms with E-state index in [1.54, 1.807) is 13.2 Å². The maximum Gasteiger partial charge on any atom is 0.212 e. The molecule has 124 valence electrons. The molecule has 1 aliphatic rings. The van der Waals surface area contributed by atoms with E-state index in [1.165, 1.54) is 12.3 Å². The van der Waals surface area contributed by atoms with Crippen molar-refractivity contribution < 1.29 is 13.9 Å². The molecule has 3 heterocycles. The fourth-order valence-electron chi connectivity index (χ4n) is 3.11. The van der Waals surface area contributed by atoms with Crippen molar-refractivity contribution >= 4 is 10.9 Å². The van der Waals surface area contributed by atoms with E-state index in [0.717, 1.165) is 53.8 Å². The summed E-state index contributed by atoms with van der Waals surface area (Å²) in [6, 6.07) is 8.87. The molecular formula is C18H18FN3O2. The van der Waals surface area contributed by atoms with Gasteiger partial charge in [-0.3, -0.25) is 0 Å². The maximum absolute atomic E-state index is 13.1. The molecule has 0 amide bonds. The first-order valence-electron chi connectivity index (χ1n) is 8.06. The van der Waals surface area contributed by atoms with Crippen LogP contribution in [0.4, 0.5) is 4.39 Å². The monoisotopic (exact) mass is 327 g/mol. The average molecular weight is 327 g/mol. The quantitative estimate of drug-likeness (QED) is 0.684. The molecule has 4 rings (SSSR count). The lowest BCUT2D eigenvalue weighted by Gasteiger charge is -2.23. The molecule has 1 saturated heterocycles. The van der Waals surface area contributed by atoms with Gasteiger partial charge in [0.05, 0.1) is 12.6 Å². The second kappa shape index (κ2) is 6.20. The average Bonchev–Trinajstić information content (AvgIpc) is 3.02. The molecule has 0 saturated carbocycles. The molecule has 1 aliphatic heterocycles. The van der Waals surface area contributed by atoms with Crippen LogP contribution in [0.5, 0.6) is 5.75 Å². The van der Waals surface area contributed by atoms with Gasteiger partial charge in [-0.15, -0.1) is 0 Å². The summed E-state index contributed by atoms with van der Waals surface area (Å²) in [5, 5.41) is 5.73. The number of aromatic nitrogens is 3. The van der Waals surface area contributed by atoms with Crippen molar-refractivity contribution in [3.63, 3.8) is 0 Å². The van der Waals surface area contributed by atoms with E-state index in [1.807, 2.05) is 22.9 Å². The number of pyridine rings is 1. The minimum Gasteiger partial charge on any atom is -0.497 e. The van der Waals surface area contributed by atoms with E-state index in [0.29, 0.717) is 0 Å². The van der Waals surface area contributed by atoms with Crippen molar-refractivity contribution in [1.29, 1.82) is 0 Å². The molecule has 1 fully saturated rings. The molecule has 0 bridgehead atoms. The van der Waals surface area contributed by atoms with E-state index in [4.69, 9.17) is 14.6 Å². The standard InChI is InChI=1S/C18H18FN3O2/c1-23-13-6-7-14-15(10-13)22(17-4-2-3-9-24-17)21-18(14)12-5-8-16(19)20-11-12/h5-8,10-11,17H,2-4,9H2,1H3. The summed E-state index contributed by atoms with van der Waals surface area (Å²) in [4.78, 5) is 3.75. The second-order valence-electron chi connectivity index (χ2n) is 5.87. The van der Waals surface area contributed by atoms with E-state index >= 15 is 0 Å². The van der Waals surface area contributed by atoms with Crippen molar-refractivity contribution in [3.8, 4) is 17.0 Å². The molecule has 1 aromatic carbocycles. The lowest BCUT2D eigenvalue weighted by Crippen LogP contribution is -2.19. The Kier molecular flexibility index (Phi) is 3.90. The van der Waals surface area contributed by atoms with Crippen molar-refractivity contribution in [2.45, 2.75) is 25.5 Å². The highest BCUT2D eigenvalue weighted by Gasteiger charge is 2.22. The highest BCUT2D eigenvalue weighted by atomic mass is 19.1. The third-order valence-electron chi connectivity index (χ3n) is 4.34. The Morgan fingerprint density at radius 2 is 2.17 bits per heavy atom. The van der Waals surface area contributed by atoms with Gasteiger partial charge in [-0.25, -0.2) is 9.67 Å². The fraction of sp³-hybridized carbons (Fsp3) is 0.333. The van der Waals surface area contributed by atoms with Gasteiger partial charge in [-0.05, 0) is 43.5 Å². The molecule has 0 radical (unpaired) electrons. The maximum atomic E-state index is 13.1. The van der Waals surface area contributed by atoms with Gasteiger partial charge in [0.15, 0.2) is 6.23 Å². The molecule has 6 heteroatoms. The van der Waals surface area contributed by atoms with Crippen LogP contribution >= 0.6 is 0 Å². The molecule has 24 heavy (non-hydrogen) atoms. The highest BCUT2D eigenvalue weighted by molar-refractivity contribution is 5.94. The molecule has 0 N–H and O–H groups in total. The third kappa shape index (κ3) is 2.63. The van der Waals surface area contributed by atoms with Crippen LogP contribution in [-0.2, 0) is 4.74 Å². The van der Waals surface area contributed by atoms with Crippen molar-refractivity contribution in [2.75, 3.05) is 13.7 Å². The van der Waals surface area contributed by atoms with Gasteiger partial charge in [0.2, 0.25) is 5.95 Å². The van der Waals surface area contributed by atoms with Crippen molar-refractivity contribution in [2.24, 2.45) is 0 Å². The van der Waals surface area contributed by atoms with Crippen LogP contribution in [0, 0.1) is 5.95 Å². The number of rotatable bonds is 3. The van der Waals surface area contributed by atoms with Gasteiger partial charge < -0.3 is 9.47 Å². The first kappa shape index (κ1) is 15.1. The fourth-order valence-corrected chi connectivity index (χ4v) is 3.11. The summed E-state index contributed by atoms with van der Waals surface area (Å²) in [6.07, 6.45) is 4.54. The van der Waals surface area contributed by atoms with Crippen LogP contribution in [0.2, 0.25) is 0 Å². The number of nitrogens with zero attached hydrogens (tertiary/aromatic N) is 3. The van der Waals surface area contributed by atoms with Gasteiger partial charge in [-0.1, -0.05) is 0 Å². The SMILES string of the molecule is COc1ccc2c(-c3ccc(F)nc3)nn(C3CCCCO3)c2c1. The number of benzene rings is 1. The topological polar surface area (TPSA) is 49.2 Å². The summed E-state index contributed by atoms with van der Waals surface area (Å²) in [6.45, 7) is 0.740. The van der Waals surface area contributed by atoms with Gasteiger partial charge >= 0.3 is 0 Å². The largest absolute Gasteiger partial charge is 0.497 e. The Bertz CT molecular complexity index is 855. The Morgan fingerprint density at radius 3 is 2.88 bits per heavy atom. The number of ether oxygens (including phenoxy) is 2. The molecule has 1 atom stereocenters. The van der Waals surface area contributed by atoms with Crippen LogP contribution in [-0.4, -0.2) is 28.5 Å². The first-order chi connectivity index (χ1) is 11.8. The Hall–Kier alpha value is -2.47. The van der Waals surface area contributed by atoms with Crippen LogP contribution < -0.4 is 4.74 Å². The normalized spacial score (nSPS) is 18.0. The van der Waals surface area contributed by atoms with Gasteiger partial charge in [-0.2, -0.15) is 9.49 Å². The minimum atomic E-state index is -0.500. The summed E-state index contributed by atoms with van der Waals surface area (Å²) < 4.78 is 26.3. The molecule has 5 nitrogen and oxygen atoms in total. The van der Waals surface area contributed by atoms with Gasteiger partial charge in [0.1, 0.15) is 11.4 Å². The first-order valence-corrected chi connectivity index (χ1v) is 8.06. The van der Waals surface area contributed by atoms with E-state index in [-0.39, 0.29) is 6.23 Å². The zero-order chi connectivity index (χ0) is 16.5. The molecular weight excluding hydrogens is 309 g/mol. The van der Waals surface area contributed by atoms with E-state index in [2.05, 4.69) is 4.98 Å². The molecule has 1 unspecified atom stereocenters. The smallest absolute Gasteiger partial charge is 0.212 e. The highest BCUT2D eigenvalue weighted by Crippen LogP contribution is 2.34. The molecule has 0 spiro atoms. The van der Waals surface area contributed by atoms with Crippen molar-refractivity contribution in [1.82, 2.24) is 14.8 Å². The zero-order valence-electron chi connectivity index (χ0n) is 13.4.